The van der Waals surface area contributed by atoms with E-state index < -0.39 is 23.5 Å². The third kappa shape index (κ3) is 8.12. The molecule has 10 heteroatoms. The van der Waals surface area contributed by atoms with E-state index in [2.05, 4.69) is 4.98 Å². The van der Waals surface area contributed by atoms with Gasteiger partial charge in [-0.2, -0.15) is 13.2 Å². The monoisotopic (exact) mass is 631 g/mol. The lowest BCUT2D eigenvalue weighted by molar-refractivity contribution is -0.137. The van der Waals surface area contributed by atoms with Gasteiger partial charge in [-0.1, -0.05) is 42.5 Å². The molecule has 5 rings (SSSR count). The van der Waals surface area contributed by atoms with E-state index in [1.54, 1.807) is 4.90 Å². The summed E-state index contributed by atoms with van der Waals surface area (Å²) in [6.45, 7) is 2.61. The summed E-state index contributed by atoms with van der Waals surface area (Å²) in [4.78, 5) is 33.9. The molecule has 5 aromatic rings. The van der Waals surface area contributed by atoms with E-state index in [0.717, 1.165) is 46.3 Å². The number of carbonyl (C=O) groups excluding carboxylic acids is 2. The molecule has 1 heterocycles. The highest BCUT2D eigenvalue weighted by Crippen LogP contribution is 2.29. The van der Waals surface area contributed by atoms with Crippen molar-refractivity contribution in [3.05, 3.63) is 137 Å². The van der Waals surface area contributed by atoms with Crippen LogP contribution in [-0.4, -0.2) is 46.3 Å². The van der Waals surface area contributed by atoms with Gasteiger partial charge in [-0.15, -0.1) is 0 Å². The van der Waals surface area contributed by atoms with Gasteiger partial charge in [-0.3, -0.25) is 9.59 Å². The van der Waals surface area contributed by atoms with Crippen LogP contribution in [0.1, 0.15) is 39.5 Å². The summed E-state index contributed by atoms with van der Waals surface area (Å²) in [6.07, 6.45) is -2.10. The molecular formula is C36H33F4N3O3. The lowest BCUT2D eigenvalue weighted by Gasteiger charge is -2.28. The first-order valence-electron chi connectivity index (χ1n) is 14.9. The number of H-pyrrole nitrogens is 1. The molecule has 1 N–H and O–H groups in total. The molecule has 0 unspecified atom stereocenters. The Kier molecular flexibility index (Phi) is 10.0. The first-order valence-corrected chi connectivity index (χ1v) is 14.9. The number of rotatable bonds is 12. The van der Waals surface area contributed by atoms with Gasteiger partial charge in [0.05, 0.1) is 12.2 Å². The van der Waals surface area contributed by atoms with Crippen molar-refractivity contribution >= 4 is 22.7 Å². The second-order valence-electron chi connectivity index (χ2n) is 10.9. The van der Waals surface area contributed by atoms with Crippen molar-refractivity contribution in [3.63, 3.8) is 0 Å². The fourth-order valence-electron chi connectivity index (χ4n) is 5.22. The lowest BCUT2D eigenvalue weighted by Crippen LogP contribution is -2.43. The first-order chi connectivity index (χ1) is 22.1. The van der Waals surface area contributed by atoms with Gasteiger partial charge in [0.25, 0.3) is 5.91 Å². The molecule has 1 aromatic heterocycles. The van der Waals surface area contributed by atoms with Gasteiger partial charge in [-0.05, 0) is 84.6 Å². The van der Waals surface area contributed by atoms with Crippen LogP contribution in [0.2, 0.25) is 0 Å². The maximum atomic E-state index is 14.0. The normalized spacial score (nSPS) is 11.4. The Morgan fingerprint density at radius 3 is 2.09 bits per heavy atom. The Labute approximate surface area is 264 Å². The molecule has 0 aliphatic rings. The fraction of sp³-hybridized carbons (Fsp3) is 0.222. The van der Waals surface area contributed by atoms with Crippen LogP contribution in [0.5, 0.6) is 5.75 Å². The zero-order valence-corrected chi connectivity index (χ0v) is 25.2. The van der Waals surface area contributed by atoms with Crippen LogP contribution in [0.4, 0.5) is 17.6 Å². The van der Waals surface area contributed by atoms with Gasteiger partial charge >= 0.3 is 6.18 Å². The summed E-state index contributed by atoms with van der Waals surface area (Å²) in [5, 5.41) is 1.05. The molecule has 2 amide bonds. The van der Waals surface area contributed by atoms with Crippen LogP contribution >= 0.6 is 0 Å². The second-order valence-corrected chi connectivity index (χ2v) is 10.9. The van der Waals surface area contributed by atoms with Crippen LogP contribution in [0.3, 0.4) is 0 Å². The van der Waals surface area contributed by atoms with Crippen molar-refractivity contribution < 1.29 is 31.9 Å². The third-order valence-corrected chi connectivity index (χ3v) is 7.65. The SMILES string of the molecule is CCOc1ccc(CN(CCc2c[nH]c3ccccc23)C(=O)CN(Cc2ccc(F)cc2)C(=O)c2ccc(C(F)(F)F)cc2)cc1. The topological polar surface area (TPSA) is 65.6 Å². The number of benzene rings is 4. The van der Waals surface area contributed by atoms with Crippen LogP contribution in [0.15, 0.2) is 103 Å². The zero-order chi connectivity index (χ0) is 32.7. The van der Waals surface area contributed by atoms with Crippen molar-refractivity contribution in [1.29, 1.82) is 0 Å². The van der Waals surface area contributed by atoms with E-state index in [0.29, 0.717) is 30.9 Å². The highest BCUT2D eigenvalue weighted by molar-refractivity contribution is 5.96. The van der Waals surface area contributed by atoms with Crippen molar-refractivity contribution in [1.82, 2.24) is 14.8 Å². The third-order valence-electron chi connectivity index (χ3n) is 7.65. The molecular weight excluding hydrogens is 598 g/mol. The van der Waals surface area contributed by atoms with Gasteiger partial charge in [-0.25, -0.2) is 4.39 Å². The highest BCUT2D eigenvalue weighted by Gasteiger charge is 2.31. The number of hydrogen-bond donors (Lipinski definition) is 1. The number of aromatic amines is 1. The van der Waals surface area contributed by atoms with E-state index >= 15 is 0 Å². The number of nitrogens with one attached hydrogen (secondary N) is 1. The Bertz CT molecular complexity index is 1770. The molecule has 0 saturated heterocycles. The van der Waals surface area contributed by atoms with Crippen molar-refractivity contribution in [2.75, 3.05) is 19.7 Å². The Hall–Kier alpha value is -5.12. The van der Waals surface area contributed by atoms with Gasteiger partial charge in [0, 0.05) is 42.3 Å². The number of alkyl halides is 3. The Balaban J connectivity index is 1.41. The number of nitrogens with zero attached hydrogens (tertiary/aromatic N) is 2. The van der Waals surface area contributed by atoms with Crippen molar-refractivity contribution in [2.24, 2.45) is 0 Å². The molecule has 0 aliphatic heterocycles. The predicted octanol–water partition coefficient (Wildman–Crippen LogP) is 7.64. The molecule has 238 valence electrons. The number of hydrogen-bond acceptors (Lipinski definition) is 3. The Morgan fingerprint density at radius 1 is 0.804 bits per heavy atom. The van der Waals surface area contributed by atoms with Crippen LogP contribution in [-0.2, 0) is 30.5 Å². The average molecular weight is 632 g/mol. The predicted molar refractivity (Wildman–Crippen MR) is 168 cm³/mol. The maximum absolute atomic E-state index is 14.0. The summed E-state index contributed by atoms with van der Waals surface area (Å²) >= 11 is 0. The molecule has 0 spiro atoms. The molecule has 4 aromatic carbocycles. The minimum atomic E-state index is -4.56. The maximum Gasteiger partial charge on any atom is 0.416 e. The van der Waals surface area contributed by atoms with Gasteiger partial charge in [0.15, 0.2) is 0 Å². The quantitative estimate of drug-likeness (QED) is 0.144. The van der Waals surface area contributed by atoms with Crippen LogP contribution in [0, 0.1) is 5.82 Å². The number of ether oxygens (including phenoxy) is 1. The highest BCUT2D eigenvalue weighted by atomic mass is 19.4. The minimum Gasteiger partial charge on any atom is -0.494 e. The average Bonchev–Trinajstić information content (AvgIpc) is 3.47. The largest absolute Gasteiger partial charge is 0.494 e. The van der Waals surface area contributed by atoms with Gasteiger partial charge in [0.2, 0.25) is 5.91 Å². The number of halogens is 4. The number of carbonyl (C=O) groups is 2. The zero-order valence-electron chi connectivity index (χ0n) is 25.2. The van der Waals surface area contributed by atoms with E-state index in [1.807, 2.05) is 61.7 Å². The van der Waals surface area contributed by atoms with Crippen molar-refractivity contribution in [2.45, 2.75) is 32.6 Å². The van der Waals surface area contributed by atoms with E-state index in [9.17, 15) is 27.2 Å². The lowest BCUT2D eigenvalue weighted by atomic mass is 10.1. The van der Waals surface area contributed by atoms with Gasteiger partial charge < -0.3 is 19.5 Å². The number of amides is 2. The summed E-state index contributed by atoms with van der Waals surface area (Å²) in [5.41, 5.74) is 2.54. The molecule has 0 saturated carbocycles. The summed E-state index contributed by atoms with van der Waals surface area (Å²) in [7, 11) is 0. The second kappa shape index (κ2) is 14.3. The molecule has 0 atom stereocenters. The fourth-order valence-corrected chi connectivity index (χ4v) is 5.22. The standard InChI is InChI=1S/C36H33F4N3O3/c1-2-46-31-17-9-26(10-18-31)22-42(20-19-28-21-41-33-6-4-3-5-32(28)33)34(44)24-43(23-25-7-15-30(37)16-8-25)35(45)27-11-13-29(14-12-27)36(38,39)40/h3-18,21,41H,2,19-20,22-24H2,1H3. The Morgan fingerprint density at radius 2 is 1.43 bits per heavy atom. The number of fused-ring (bicyclic) bond motifs is 1. The van der Waals surface area contributed by atoms with Gasteiger partial charge in [0.1, 0.15) is 18.1 Å². The smallest absolute Gasteiger partial charge is 0.416 e. The molecule has 46 heavy (non-hydrogen) atoms. The molecule has 0 radical (unpaired) electrons. The summed E-state index contributed by atoms with van der Waals surface area (Å²) < 4.78 is 58.7. The molecule has 0 bridgehead atoms. The number of aromatic nitrogens is 1. The van der Waals surface area contributed by atoms with Crippen molar-refractivity contribution in [3.8, 4) is 5.75 Å². The number of para-hydroxylation sites is 1. The van der Waals surface area contributed by atoms with E-state index in [1.165, 1.54) is 29.2 Å². The molecule has 6 nitrogen and oxygen atoms in total. The van der Waals surface area contributed by atoms with Crippen LogP contribution < -0.4 is 4.74 Å². The summed E-state index contributed by atoms with van der Waals surface area (Å²) in [5.74, 6) is -0.727. The molecule has 0 aliphatic carbocycles. The molecule has 0 fully saturated rings. The van der Waals surface area contributed by atoms with E-state index in [4.69, 9.17) is 4.74 Å². The first kappa shape index (κ1) is 32.3. The van der Waals surface area contributed by atoms with E-state index in [-0.39, 0.29) is 31.1 Å². The summed E-state index contributed by atoms with van der Waals surface area (Å²) in [6, 6.07) is 24.6. The minimum absolute atomic E-state index is 0.000216. The van der Waals surface area contributed by atoms with Crippen LogP contribution in [0.25, 0.3) is 10.9 Å².